The zero-order chi connectivity index (χ0) is 88.7. The summed E-state index contributed by atoms with van der Waals surface area (Å²) in [4.78, 5) is 182. The first-order valence-corrected chi connectivity index (χ1v) is 45.9. The van der Waals surface area contributed by atoms with Crippen LogP contribution in [0.25, 0.3) is 45.4 Å². The number of pyridine rings is 1. The lowest BCUT2D eigenvalue weighted by Gasteiger charge is -2.33. The van der Waals surface area contributed by atoms with Crippen molar-refractivity contribution in [1.29, 1.82) is 0 Å². The van der Waals surface area contributed by atoms with E-state index in [-0.39, 0.29) is 75.9 Å². The molecule has 53 nitrogen and oxygen atoms in total. The maximum absolute atomic E-state index is 14.5. The lowest BCUT2D eigenvalue weighted by molar-refractivity contribution is -0.734. The molecule has 4 aliphatic heterocycles. The Hall–Kier alpha value is -9.42. The van der Waals surface area contributed by atoms with Gasteiger partial charge in [0.2, 0.25) is 0 Å². The molecule has 4 aliphatic rings. The largest absolute Gasteiger partial charge is 0.756 e. The van der Waals surface area contributed by atoms with Crippen LogP contribution in [0.5, 0.6) is 0 Å². The van der Waals surface area contributed by atoms with E-state index in [1.54, 1.807) is 18.2 Å². The van der Waals surface area contributed by atoms with E-state index in [4.69, 9.17) is 71.2 Å². The molecule has 124 heavy (non-hydrogen) atoms. The molecule has 0 amide bonds. The van der Waals surface area contributed by atoms with Gasteiger partial charge in [-0.2, -0.15) is 4.57 Å². The number of phosphoric acid groups is 5. The molecule has 1 aromatic carbocycles. The number of nitrogens with two attached hydrogens (primary N) is 2. The third kappa shape index (κ3) is 21.6. The maximum Gasteiger partial charge on any atom is 0.343 e. The number of aromatic nitrogens is 16. The highest BCUT2D eigenvalue weighted by atomic mass is 32.2. The Balaban J connectivity index is 0.709. The summed E-state index contributed by atoms with van der Waals surface area (Å²) < 4.78 is 189. The first-order valence-electron chi connectivity index (χ1n) is 37.1. The van der Waals surface area contributed by atoms with Crippen LogP contribution in [-0.2, 0) is 113 Å². The number of phosphoric ester groups is 5. The molecule has 0 spiro atoms. The molecule has 10 aromatic rings. The van der Waals surface area contributed by atoms with E-state index >= 15 is 0 Å². The van der Waals surface area contributed by atoms with E-state index in [1.165, 1.54) is 64.0 Å². The van der Waals surface area contributed by atoms with Gasteiger partial charge in [0.15, 0.2) is 52.0 Å². The van der Waals surface area contributed by atoms with Crippen LogP contribution in [0.2, 0.25) is 0 Å². The summed E-state index contributed by atoms with van der Waals surface area (Å²) in [7, 11) is -34.3. The van der Waals surface area contributed by atoms with Crippen LogP contribution in [0.3, 0.4) is 0 Å². The van der Waals surface area contributed by atoms with Gasteiger partial charge in [-0.25, -0.2) is 52.7 Å². The zero-order valence-corrected chi connectivity index (χ0v) is 69.8. The van der Waals surface area contributed by atoms with Crippen molar-refractivity contribution in [2.24, 2.45) is 0 Å². The van der Waals surface area contributed by atoms with Gasteiger partial charge < -0.3 is 119 Å². The van der Waals surface area contributed by atoms with Gasteiger partial charge in [-0.1, -0.05) is 11.3 Å². The van der Waals surface area contributed by atoms with Crippen molar-refractivity contribution in [2.45, 2.75) is 151 Å². The highest BCUT2D eigenvalue weighted by Crippen LogP contribution is 2.53. The number of nitrogens with one attached hydrogen (secondary N) is 2. The number of aromatic amines is 2. The number of hydrogen-bond donors (Lipinski definition) is 6. The van der Waals surface area contributed by atoms with Gasteiger partial charge in [-0.05, 0) is 50.6 Å². The molecule has 8 N–H and O–H groups in total. The van der Waals surface area contributed by atoms with Crippen molar-refractivity contribution >= 4 is 112 Å². The number of H-pyrrole nitrogens is 2. The number of anilines is 3. The van der Waals surface area contributed by atoms with Crippen molar-refractivity contribution in [3.8, 4) is 0 Å². The summed E-state index contributed by atoms with van der Waals surface area (Å²) in [6.07, 6.45) is -13.4. The topological polar surface area (TPSA) is 735 Å². The number of hydrogen-bond acceptors (Lipinski definition) is 43. The van der Waals surface area contributed by atoms with Gasteiger partial charge in [0.25, 0.3) is 55.3 Å². The second-order valence-electron chi connectivity index (χ2n) is 28.1. The summed E-state index contributed by atoms with van der Waals surface area (Å²) >= 11 is 0. The Kier molecular flexibility index (Phi) is 27.0. The number of nitrogen functional groups attached to an aromatic ring is 2. The molecule has 0 bridgehead atoms. The van der Waals surface area contributed by atoms with E-state index in [2.05, 4.69) is 49.6 Å². The molecule has 0 radical (unpaired) electrons. The van der Waals surface area contributed by atoms with Crippen LogP contribution in [0.15, 0.2) is 126 Å². The normalized spacial score (nSPS) is 25.0. The van der Waals surface area contributed by atoms with Crippen molar-refractivity contribution in [3.05, 3.63) is 167 Å². The molecule has 9 aromatic heterocycles. The Labute approximate surface area is 695 Å². The van der Waals surface area contributed by atoms with Gasteiger partial charge in [-0.3, -0.25) is 65.3 Å². The SMILES string of the molecule is CCN(CC)c1ccc2cc(/C=C/c3cc[n+](CCCn4cc(CO[C@H]5C(n6ccc(=O)[nH]c6=O)O[C@H](COP(=O)([O-])O[C@H]6C[C@H](n7cc(C)c(=O)[nH]c7=O)O[C@@H]6COP(=O)([O-])O[C@H]6C[C@H](n7cnc8c(N)ncnc87)O[C@@H]6COP(=O)([O-])O)[C@H]5OP(=O)([O-])OC[C@H]5O[C@@H](n6cnc7c(N)ncnc76)C[C@@H]5OP(=O)([O-])O)nn4)c(S(=O)(=O)[O-])c3)c(=O)oc2c1. The zero-order valence-electron chi connectivity index (χ0n) is 64.5. The third-order valence-corrected chi connectivity index (χ3v) is 24.7. The second kappa shape index (κ2) is 36.9. The molecule has 14 rings (SSSR count). The van der Waals surface area contributed by atoms with Crippen molar-refractivity contribution in [1.82, 2.24) is 73.1 Å². The monoisotopic (exact) mass is 1850 g/mol. The summed E-state index contributed by atoms with van der Waals surface area (Å²) in [6, 6.07) is 10.4. The highest BCUT2D eigenvalue weighted by molar-refractivity contribution is 7.85. The van der Waals surface area contributed by atoms with Crippen LogP contribution in [-0.4, -0.2) is 190 Å². The predicted molar refractivity (Wildman–Crippen MR) is 405 cm³/mol. The standard InChI is InChI=1S/C65H78N19O34P5S/c1-4-78(5-2)39-10-9-36-18-37(63(87)114-40(36)19-39)8-7-35-11-15-79(52(17-35)124(102,103)104)13-6-14-80-24-38(76-77-80)25-105-56-55(118-123(100,101)108-27-45-41(115-120(93,94)95)20-50(112-45)83-32-72-53-57(66)68-30-70-59(53)83)47(113-62(56)81-16-12-48(85)74-64(81)88)29-109-122(98,99)116-42-21-49(82-23-34(3)61(86)75-65(82)89)110-46(42)28-107-121(96,97)117-43-22-51(111-44(43)26-106-119(90,91)92)84-33-73-54-58(67)69-31-71-60(54)84/h7-12,15-19,23-24,30-33,41-47,49-51,55-56,62H,4-6,13-14,20-22,25-29H2,1-3H3,(H13-,66,67,68,69,70,71,74,75,85,86,88,89,90,91,92,93,94,95,96,97,98,99,100,101,102,103,104)/p-5/t41-,42-,43-,44+,45+,46+,47+,49+,50+,51+,55+,56+,62?/m0/s1. The minimum atomic E-state index is -6.10. The number of ether oxygens (including phenoxy) is 5. The average molecular weight is 1850 g/mol. The lowest BCUT2D eigenvalue weighted by Crippen LogP contribution is -2.41. The van der Waals surface area contributed by atoms with Crippen molar-refractivity contribution in [2.75, 3.05) is 55.9 Å². The van der Waals surface area contributed by atoms with Gasteiger partial charge >= 0.3 is 17.0 Å². The predicted octanol–water partition coefficient (Wildman–Crippen LogP) is -2.49. The Morgan fingerprint density at radius 3 is 1.78 bits per heavy atom. The Morgan fingerprint density at radius 1 is 0.645 bits per heavy atom. The van der Waals surface area contributed by atoms with Gasteiger partial charge in [0, 0.05) is 98.6 Å². The van der Waals surface area contributed by atoms with Crippen molar-refractivity contribution in [3.63, 3.8) is 0 Å². The van der Waals surface area contributed by atoms with E-state index in [9.17, 15) is 94.0 Å². The van der Waals surface area contributed by atoms with E-state index in [0.29, 0.717) is 28.6 Å². The fraction of sp³-hybridized carbons (Fsp3) is 0.446. The number of aryl methyl sites for hydroxylation is 3. The fourth-order valence-electron chi connectivity index (χ4n) is 14.1. The molecule has 59 heteroatoms. The number of benzene rings is 1. The van der Waals surface area contributed by atoms with Crippen LogP contribution >= 0.6 is 39.1 Å². The Bertz CT molecular complexity index is 6370. The second-order valence-corrected chi connectivity index (χ2v) is 35.8. The smallest absolute Gasteiger partial charge is 0.343 e. The van der Waals surface area contributed by atoms with Gasteiger partial charge in [-0.15, -0.1) is 5.10 Å². The molecule has 18 atom stereocenters. The van der Waals surface area contributed by atoms with Gasteiger partial charge in [0.1, 0.15) is 90.3 Å². The first kappa shape index (κ1) is 90.8. The number of fused-ring (bicyclic) bond motifs is 3. The molecule has 6 unspecified atom stereocenters. The molecule has 4 fully saturated rings. The van der Waals surface area contributed by atoms with Crippen LogP contribution in [0.1, 0.15) is 86.8 Å². The number of rotatable bonds is 37. The van der Waals surface area contributed by atoms with Gasteiger partial charge in [0.05, 0.1) is 75.8 Å². The van der Waals surface area contributed by atoms with E-state index in [0.717, 1.165) is 52.0 Å². The molecular weight excluding hydrogens is 1780 g/mol. The summed E-state index contributed by atoms with van der Waals surface area (Å²) in [6.45, 7) is 0.783. The lowest BCUT2D eigenvalue weighted by atomic mass is 10.1. The van der Waals surface area contributed by atoms with Crippen LogP contribution < -0.4 is 73.5 Å². The van der Waals surface area contributed by atoms with Crippen LogP contribution in [0, 0.1) is 6.92 Å². The fourth-order valence-corrected chi connectivity index (χ4v) is 18.5. The minimum Gasteiger partial charge on any atom is -0.756 e. The highest BCUT2D eigenvalue weighted by Gasteiger charge is 2.52. The number of imidazole rings is 2. The molecule has 0 saturated carbocycles. The minimum absolute atomic E-state index is 0.0439. The average Bonchev–Trinajstić information content (AvgIpc) is 1.74. The van der Waals surface area contributed by atoms with Crippen molar-refractivity contribution < 1.29 is 139 Å². The Morgan fingerprint density at radius 2 is 1.21 bits per heavy atom. The molecule has 13 heterocycles. The molecule has 668 valence electrons. The third-order valence-electron chi connectivity index (χ3n) is 19.8. The van der Waals surface area contributed by atoms with E-state index in [1.807, 2.05) is 29.9 Å². The maximum atomic E-state index is 14.5. The first-order chi connectivity index (χ1) is 58.6. The summed E-state index contributed by atoms with van der Waals surface area (Å²) in [5, 5.41) is 8.14. The molecular formula is C65H73N19O34P5S-5. The van der Waals surface area contributed by atoms with E-state index < -0.39 is 215 Å². The molecule has 0 aliphatic carbocycles. The molecule has 4 saturated heterocycles. The summed E-state index contributed by atoms with van der Waals surface area (Å²) in [5.41, 5.74) is 8.61. The number of nitrogens with zero attached hydrogens (tertiary/aromatic N) is 15. The quantitative estimate of drug-likeness (QED) is 0.0102. The van der Waals surface area contributed by atoms with Crippen LogP contribution in [0.4, 0.5) is 17.3 Å². The summed E-state index contributed by atoms with van der Waals surface area (Å²) in [5.74, 6) is -0.152.